The van der Waals surface area contributed by atoms with Gasteiger partial charge in [-0.3, -0.25) is 4.79 Å². The number of hydrogen-bond donors (Lipinski definition) is 0. The van der Waals surface area contributed by atoms with Crippen LogP contribution in [0, 0.1) is 0 Å². The summed E-state index contributed by atoms with van der Waals surface area (Å²) in [5.74, 6) is -1.20. The monoisotopic (exact) mass is 444 g/mol. The molecule has 0 bridgehead atoms. The molecule has 1 aliphatic heterocycles. The van der Waals surface area contributed by atoms with Gasteiger partial charge in [0.2, 0.25) is 10.0 Å². The number of rotatable bonds is 9. The van der Waals surface area contributed by atoms with Gasteiger partial charge < -0.3 is 9.64 Å². The van der Waals surface area contributed by atoms with E-state index >= 15 is 0 Å². The van der Waals surface area contributed by atoms with E-state index in [1.54, 1.807) is 49.4 Å². The van der Waals surface area contributed by atoms with Crippen molar-refractivity contribution in [1.29, 1.82) is 0 Å². The van der Waals surface area contributed by atoms with Crippen LogP contribution in [0.2, 0.25) is 0 Å². The topological polar surface area (TPSA) is 84.0 Å². The van der Waals surface area contributed by atoms with Crippen molar-refractivity contribution in [2.45, 2.75) is 13.3 Å². The van der Waals surface area contributed by atoms with Crippen molar-refractivity contribution in [3.05, 3.63) is 71.3 Å². The second kappa shape index (κ2) is 10.7. The first kappa shape index (κ1) is 23.1. The average molecular weight is 445 g/mol. The molecule has 3 rings (SSSR count). The lowest BCUT2D eigenvalue weighted by Gasteiger charge is -2.33. The van der Waals surface area contributed by atoms with Crippen LogP contribution in [0.15, 0.2) is 54.6 Å². The van der Waals surface area contributed by atoms with Gasteiger partial charge >= 0.3 is 5.97 Å². The lowest BCUT2D eigenvalue weighted by Crippen LogP contribution is -2.50. The van der Waals surface area contributed by atoms with Crippen LogP contribution in [0.3, 0.4) is 0 Å². The van der Waals surface area contributed by atoms with Crippen LogP contribution in [0.4, 0.5) is 0 Å². The number of benzene rings is 2. The third-order valence-corrected chi connectivity index (χ3v) is 7.09. The summed E-state index contributed by atoms with van der Waals surface area (Å²) >= 11 is 0. The largest absolute Gasteiger partial charge is 0.462 e. The number of Topliss-reactive ketones (excluding diaryl/α,β-unsaturated/α-hetero) is 1. The quantitative estimate of drug-likeness (QED) is 0.436. The zero-order valence-corrected chi connectivity index (χ0v) is 18.5. The molecule has 0 aromatic heterocycles. The first-order valence-electron chi connectivity index (χ1n) is 10.4. The molecule has 2 aromatic rings. The van der Waals surface area contributed by atoms with E-state index in [2.05, 4.69) is 4.90 Å². The zero-order valence-electron chi connectivity index (χ0n) is 17.7. The van der Waals surface area contributed by atoms with E-state index in [4.69, 9.17) is 4.74 Å². The Morgan fingerprint density at radius 3 is 2.16 bits per heavy atom. The number of piperazine rings is 1. The van der Waals surface area contributed by atoms with Crippen LogP contribution < -0.4 is 0 Å². The Labute approximate surface area is 183 Å². The van der Waals surface area contributed by atoms with Gasteiger partial charge in [-0.25, -0.2) is 13.2 Å². The molecular formula is C23H28N2O5S. The van der Waals surface area contributed by atoms with Crippen LogP contribution in [0.1, 0.15) is 33.2 Å². The van der Waals surface area contributed by atoms with Crippen molar-refractivity contribution in [3.63, 3.8) is 0 Å². The predicted molar refractivity (Wildman–Crippen MR) is 119 cm³/mol. The molecule has 1 fully saturated rings. The van der Waals surface area contributed by atoms with Gasteiger partial charge in [0.15, 0.2) is 5.78 Å². The fourth-order valence-corrected chi connectivity index (χ4v) is 4.90. The second-order valence-corrected chi connectivity index (χ2v) is 9.42. The Kier molecular flexibility index (Phi) is 7.95. The molecule has 0 atom stereocenters. The first-order valence-corrected chi connectivity index (χ1v) is 12.0. The summed E-state index contributed by atoms with van der Waals surface area (Å²) in [6, 6.07) is 15.9. The molecule has 0 amide bonds. The van der Waals surface area contributed by atoms with Crippen molar-refractivity contribution in [3.8, 4) is 0 Å². The van der Waals surface area contributed by atoms with Crippen LogP contribution in [0.5, 0.6) is 0 Å². The predicted octanol–water partition coefficient (Wildman–Crippen LogP) is 2.24. The third-order valence-electron chi connectivity index (χ3n) is 5.32. The van der Waals surface area contributed by atoms with E-state index in [9.17, 15) is 18.0 Å². The fourth-order valence-electron chi connectivity index (χ4n) is 3.50. The van der Waals surface area contributed by atoms with Gasteiger partial charge in [-0.05, 0) is 31.0 Å². The van der Waals surface area contributed by atoms with Crippen LogP contribution in [-0.2, 0) is 21.2 Å². The number of ketones is 1. The van der Waals surface area contributed by atoms with Gasteiger partial charge in [0, 0.05) is 38.3 Å². The number of carbonyl (C=O) groups excluding carboxylic acids is 2. The minimum absolute atomic E-state index is 0.322. The maximum absolute atomic E-state index is 12.6. The molecule has 0 N–H and O–H groups in total. The van der Waals surface area contributed by atoms with Gasteiger partial charge in [0.1, 0.15) is 5.75 Å². The number of sulfonamides is 1. The molecule has 8 heteroatoms. The molecule has 0 radical (unpaired) electrons. The van der Waals surface area contributed by atoms with Crippen molar-refractivity contribution in [2.24, 2.45) is 0 Å². The van der Waals surface area contributed by atoms with Crippen molar-refractivity contribution < 1.29 is 22.7 Å². The molecule has 0 saturated carbocycles. The number of carbonyl (C=O) groups is 2. The van der Waals surface area contributed by atoms with E-state index in [0.717, 1.165) is 18.5 Å². The molecular weight excluding hydrogens is 416 g/mol. The highest BCUT2D eigenvalue weighted by atomic mass is 32.2. The van der Waals surface area contributed by atoms with Crippen molar-refractivity contribution in [1.82, 2.24) is 9.21 Å². The molecule has 7 nitrogen and oxygen atoms in total. The summed E-state index contributed by atoms with van der Waals surface area (Å²) < 4.78 is 31.7. The lowest BCUT2D eigenvalue weighted by molar-refractivity contribution is 0.0526. The zero-order chi connectivity index (χ0) is 22.3. The summed E-state index contributed by atoms with van der Waals surface area (Å²) in [6.45, 7) is 4.94. The average Bonchev–Trinajstić information content (AvgIpc) is 2.79. The normalized spacial score (nSPS) is 15.5. The molecule has 1 heterocycles. The highest BCUT2D eigenvalue weighted by Crippen LogP contribution is 2.12. The highest BCUT2D eigenvalue weighted by Gasteiger charge is 2.29. The van der Waals surface area contributed by atoms with Crippen molar-refractivity contribution in [2.75, 3.05) is 45.1 Å². The fraction of sp³-hybridized carbons (Fsp3) is 0.391. The van der Waals surface area contributed by atoms with Gasteiger partial charge in [-0.15, -0.1) is 0 Å². The Morgan fingerprint density at radius 2 is 1.55 bits per heavy atom. The van der Waals surface area contributed by atoms with Crippen LogP contribution >= 0.6 is 0 Å². The van der Waals surface area contributed by atoms with Gasteiger partial charge in [0.05, 0.1) is 12.2 Å². The maximum atomic E-state index is 12.6. The minimum Gasteiger partial charge on any atom is -0.462 e. The SMILES string of the molecule is CCOC(=O)c1ccc(CCN2CCN(S(=O)(=O)CC(=O)c3ccccc3)CC2)cc1. The number of hydrogen-bond acceptors (Lipinski definition) is 6. The van der Waals surface area contributed by atoms with Gasteiger partial charge in [-0.2, -0.15) is 4.31 Å². The van der Waals surface area contributed by atoms with Crippen molar-refractivity contribution >= 4 is 21.8 Å². The second-order valence-electron chi connectivity index (χ2n) is 7.45. The van der Waals surface area contributed by atoms with Crippen LogP contribution in [-0.4, -0.2) is 74.5 Å². The summed E-state index contributed by atoms with van der Waals surface area (Å²) in [5, 5.41) is 0. The van der Waals surface area contributed by atoms with E-state index < -0.39 is 15.8 Å². The van der Waals surface area contributed by atoms with Crippen LogP contribution in [0.25, 0.3) is 0 Å². The molecule has 31 heavy (non-hydrogen) atoms. The molecule has 0 unspecified atom stereocenters. The summed E-state index contributed by atoms with van der Waals surface area (Å²) in [6.07, 6.45) is 0.808. The highest BCUT2D eigenvalue weighted by molar-refractivity contribution is 7.89. The maximum Gasteiger partial charge on any atom is 0.338 e. The van der Waals surface area contributed by atoms with E-state index in [-0.39, 0.29) is 11.8 Å². The Hall–Kier alpha value is -2.55. The smallest absolute Gasteiger partial charge is 0.338 e. The third kappa shape index (κ3) is 6.46. The lowest BCUT2D eigenvalue weighted by atomic mass is 10.1. The Balaban J connectivity index is 1.46. The molecule has 1 aliphatic rings. The summed E-state index contributed by atoms with van der Waals surface area (Å²) in [4.78, 5) is 26.2. The molecule has 0 aliphatic carbocycles. The number of esters is 1. The minimum atomic E-state index is -3.63. The van der Waals surface area contributed by atoms with Gasteiger partial charge in [-0.1, -0.05) is 42.5 Å². The summed E-state index contributed by atoms with van der Waals surface area (Å²) in [7, 11) is -3.63. The molecule has 166 valence electrons. The van der Waals surface area contributed by atoms with E-state index in [1.807, 2.05) is 12.1 Å². The van der Waals surface area contributed by atoms with Gasteiger partial charge in [0.25, 0.3) is 0 Å². The number of ether oxygens (including phenoxy) is 1. The summed E-state index contributed by atoms with van der Waals surface area (Å²) in [5.41, 5.74) is 2.06. The van der Waals surface area contributed by atoms with E-state index in [1.165, 1.54) is 4.31 Å². The number of nitrogens with zero attached hydrogens (tertiary/aromatic N) is 2. The Morgan fingerprint density at radius 1 is 0.903 bits per heavy atom. The van der Waals surface area contributed by atoms with E-state index in [0.29, 0.717) is 43.9 Å². The Bertz CT molecular complexity index is 982. The first-order chi connectivity index (χ1) is 14.9. The molecule has 2 aromatic carbocycles. The standard InChI is InChI=1S/C23H28N2O5S/c1-2-30-23(27)21-10-8-19(9-11-21)12-13-24-14-16-25(17-15-24)31(28,29)18-22(26)20-6-4-3-5-7-20/h3-11H,2,12-18H2,1H3. The molecule has 1 saturated heterocycles. The molecule has 0 spiro atoms.